The molecule has 0 bridgehead atoms. The van der Waals surface area contributed by atoms with Crippen molar-refractivity contribution in [3.05, 3.63) is 53.5 Å². The van der Waals surface area contributed by atoms with Gasteiger partial charge in [0, 0.05) is 30.9 Å². The van der Waals surface area contributed by atoms with Crippen LogP contribution in [0.5, 0.6) is 5.75 Å². The first-order valence-electron chi connectivity index (χ1n) is 11.9. The number of nitrogens with one attached hydrogen (secondary N) is 1. The van der Waals surface area contributed by atoms with Crippen molar-refractivity contribution in [1.29, 1.82) is 0 Å². The topological polar surface area (TPSA) is 129 Å². The highest BCUT2D eigenvalue weighted by atomic mass is 19.1. The molecule has 1 unspecified atom stereocenters. The van der Waals surface area contributed by atoms with Crippen molar-refractivity contribution < 1.29 is 28.9 Å². The minimum Gasteiger partial charge on any atom is -0.488 e. The van der Waals surface area contributed by atoms with Gasteiger partial charge in [-0.15, -0.1) is 0 Å². The van der Waals surface area contributed by atoms with Crippen molar-refractivity contribution in [3.63, 3.8) is 0 Å². The molecule has 1 fully saturated rings. The van der Waals surface area contributed by atoms with Crippen molar-refractivity contribution in [1.82, 2.24) is 19.5 Å². The van der Waals surface area contributed by atoms with Crippen molar-refractivity contribution in [2.24, 2.45) is 0 Å². The van der Waals surface area contributed by atoms with E-state index in [1.807, 2.05) is 0 Å². The molecule has 0 spiro atoms. The Balaban J connectivity index is 1.45. The average molecular weight is 498 g/mol. The molecule has 0 radical (unpaired) electrons. The molecule has 3 atom stereocenters. The van der Waals surface area contributed by atoms with Crippen LogP contribution in [0, 0.1) is 0 Å². The number of anilines is 1. The molecular formula is C25H28FN5O5. The largest absolute Gasteiger partial charge is 0.488 e. The predicted molar refractivity (Wildman–Crippen MR) is 128 cm³/mol. The van der Waals surface area contributed by atoms with Crippen LogP contribution in [0.15, 0.2) is 36.8 Å². The van der Waals surface area contributed by atoms with E-state index in [9.17, 15) is 24.2 Å². The molecule has 0 saturated heterocycles. The number of ether oxygens (including phenoxy) is 1. The molecular weight excluding hydrogens is 469 g/mol. The van der Waals surface area contributed by atoms with Gasteiger partial charge in [-0.1, -0.05) is 0 Å². The van der Waals surface area contributed by atoms with Gasteiger partial charge in [0.2, 0.25) is 0 Å². The van der Waals surface area contributed by atoms with E-state index in [1.165, 1.54) is 29.5 Å². The Morgan fingerprint density at radius 3 is 2.89 bits per heavy atom. The fourth-order valence-electron chi connectivity index (χ4n) is 4.54. The van der Waals surface area contributed by atoms with Gasteiger partial charge in [-0.25, -0.2) is 13.9 Å². The molecule has 1 aromatic carbocycles. The van der Waals surface area contributed by atoms with Crippen LogP contribution in [-0.2, 0) is 6.54 Å². The van der Waals surface area contributed by atoms with Crippen LogP contribution in [0.1, 0.15) is 59.4 Å². The lowest BCUT2D eigenvalue weighted by molar-refractivity contribution is -0.0159. The van der Waals surface area contributed by atoms with Crippen LogP contribution in [-0.4, -0.2) is 72.1 Å². The van der Waals surface area contributed by atoms with Crippen LogP contribution >= 0.6 is 0 Å². The summed E-state index contributed by atoms with van der Waals surface area (Å²) in [4.78, 5) is 31.8. The Kier molecular flexibility index (Phi) is 6.13. The Hall–Kier alpha value is -3.57. The van der Waals surface area contributed by atoms with Crippen LogP contribution in [0.2, 0.25) is 0 Å². The minimum absolute atomic E-state index is 0.133. The van der Waals surface area contributed by atoms with Gasteiger partial charge in [-0.2, -0.15) is 5.10 Å². The molecule has 2 aromatic heterocycles. The van der Waals surface area contributed by atoms with Gasteiger partial charge in [0.15, 0.2) is 5.65 Å². The summed E-state index contributed by atoms with van der Waals surface area (Å²) in [5.74, 6) is -0.537. The molecule has 2 aliphatic rings. The number of nitrogens with zero attached hydrogens (tertiary/aromatic N) is 4. The molecule has 5 rings (SSSR count). The van der Waals surface area contributed by atoms with E-state index in [2.05, 4.69) is 15.4 Å². The van der Waals surface area contributed by atoms with Gasteiger partial charge in [0.05, 0.1) is 30.1 Å². The SMILES string of the molecule is CC(C)(O)C(F)CN1Cc2cc(NC(=O)c3cnn4cccnc34)c(O[C@@H]3CC[C@H](O)C3)cc2C1=O. The van der Waals surface area contributed by atoms with Gasteiger partial charge in [0.25, 0.3) is 11.8 Å². The molecule has 3 aromatic rings. The smallest absolute Gasteiger partial charge is 0.261 e. The number of carbonyl (C=O) groups is 2. The van der Waals surface area contributed by atoms with Gasteiger partial charge in [-0.3, -0.25) is 9.59 Å². The zero-order chi connectivity index (χ0) is 25.6. The highest BCUT2D eigenvalue weighted by Crippen LogP contribution is 2.37. The number of benzene rings is 1. The number of aromatic nitrogens is 3. The van der Waals surface area contributed by atoms with Crippen LogP contribution in [0.3, 0.4) is 0 Å². The van der Waals surface area contributed by atoms with E-state index in [-0.39, 0.29) is 30.7 Å². The van der Waals surface area contributed by atoms with E-state index in [1.54, 1.807) is 30.6 Å². The standard InChI is InChI=1S/C25H28FN5O5/c1-25(2,35)21(26)13-30-12-14-8-19(29-23(33)18-11-28-31-7-3-6-27-22(18)31)20(10-17(14)24(30)34)36-16-5-4-15(32)9-16/h3,6-8,10-11,15-16,21,32,35H,4-5,9,12-13H2,1-2H3,(H,29,33)/t15-,16+,21?/m0/s1. The van der Waals surface area contributed by atoms with Crippen LogP contribution in [0.25, 0.3) is 5.65 Å². The summed E-state index contributed by atoms with van der Waals surface area (Å²) in [6.07, 6.45) is 3.98. The minimum atomic E-state index is -1.63. The molecule has 190 valence electrons. The number of hydrogen-bond acceptors (Lipinski definition) is 7. The Morgan fingerprint density at radius 1 is 1.36 bits per heavy atom. The summed E-state index contributed by atoms with van der Waals surface area (Å²) in [5.41, 5.74) is 0.372. The molecule has 1 saturated carbocycles. The molecule has 10 nitrogen and oxygen atoms in total. The number of alkyl halides is 1. The Labute approximate surface area is 206 Å². The fraction of sp³-hybridized carbons (Fsp3) is 0.440. The third-order valence-electron chi connectivity index (χ3n) is 6.65. The first-order valence-corrected chi connectivity index (χ1v) is 11.9. The highest BCUT2D eigenvalue weighted by Gasteiger charge is 2.36. The van der Waals surface area contributed by atoms with E-state index < -0.39 is 23.8 Å². The third kappa shape index (κ3) is 4.63. The zero-order valence-electron chi connectivity index (χ0n) is 20.0. The highest BCUT2D eigenvalue weighted by molar-refractivity contribution is 6.09. The molecule has 36 heavy (non-hydrogen) atoms. The van der Waals surface area contributed by atoms with Gasteiger partial charge < -0.3 is 25.2 Å². The van der Waals surface area contributed by atoms with Crippen molar-refractivity contribution in [2.75, 3.05) is 11.9 Å². The number of hydrogen-bond donors (Lipinski definition) is 3. The summed E-state index contributed by atoms with van der Waals surface area (Å²) in [6.45, 7) is 2.58. The lowest BCUT2D eigenvalue weighted by atomic mass is 10.0. The van der Waals surface area contributed by atoms with E-state index >= 15 is 0 Å². The first-order chi connectivity index (χ1) is 17.1. The second-order valence-corrected chi connectivity index (χ2v) is 9.92. The van der Waals surface area contributed by atoms with Gasteiger partial charge in [-0.05, 0) is 50.5 Å². The number of aliphatic hydroxyl groups excluding tert-OH is 1. The van der Waals surface area contributed by atoms with Crippen molar-refractivity contribution >= 4 is 23.1 Å². The number of carbonyl (C=O) groups excluding carboxylic acids is 2. The summed E-state index contributed by atoms with van der Waals surface area (Å²) in [6, 6.07) is 4.92. The lowest BCUT2D eigenvalue weighted by Gasteiger charge is -2.26. The number of aliphatic hydroxyl groups is 2. The summed E-state index contributed by atoms with van der Waals surface area (Å²) in [5, 5.41) is 26.9. The molecule has 2 amide bonds. The Bertz CT molecular complexity index is 1320. The van der Waals surface area contributed by atoms with Gasteiger partial charge in [0.1, 0.15) is 23.6 Å². The maximum atomic E-state index is 14.5. The van der Waals surface area contributed by atoms with Crippen LogP contribution in [0.4, 0.5) is 10.1 Å². The molecule has 11 heteroatoms. The number of amides is 2. The monoisotopic (exact) mass is 497 g/mol. The fourth-order valence-corrected chi connectivity index (χ4v) is 4.54. The summed E-state index contributed by atoms with van der Waals surface area (Å²) in [7, 11) is 0. The third-order valence-corrected chi connectivity index (χ3v) is 6.65. The van der Waals surface area contributed by atoms with Crippen molar-refractivity contribution in [3.8, 4) is 5.75 Å². The number of fused-ring (bicyclic) bond motifs is 2. The maximum absolute atomic E-state index is 14.5. The summed E-state index contributed by atoms with van der Waals surface area (Å²) >= 11 is 0. The molecule has 1 aliphatic heterocycles. The van der Waals surface area contributed by atoms with Gasteiger partial charge >= 0.3 is 0 Å². The van der Waals surface area contributed by atoms with E-state index in [0.29, 0.717) is 47.5 Å². The lowest BCUT2D eigenvalue weighted by Crippen LogP contribution is -2.42. The first kappa shape index (κ1) is 24.1. The van der Waals surface area contributed by atoms with E-state index in [4.69, 9.17) is 4.74 Å². The normalized spacial score (nSPS) is 20.6. The average Bonchev–Trinajstić information content (AvgIpc) is 3.51. The quantitative estimate of drug-likeness (QED) is 0.457. The van der Waals surface area contributed by atoms with E-state index in [0.717, 1.165) is 0 Å². The second kappa shape index (κ2) is 9.14. The van der Waals surface area contributed by atoms with Crippen LogP contribution < -0.4 is 10.1 Å². The van der Waals surface area contributed by atoms with Crippen molar-refractivity contribution in [2.45, 2.75) is 63.6 Å². The predicted octanol–water partition coefficient (Wildman–Crippen LogP) is 2.34. The molecule has 3 N–H and O–H groups in total. The second-order valence-electron chi connectivity index (χ2n) is 9.92. The molecule has 1 aliphatic carbocycles. The number of halogens is 1. The summed E-state index contributed by atoms with van der Waals surface area (Å²) < 4.78 is 22.1. The maximum Gasteiger partial charge on any atom is 0.261 e. The molecule has 3 heterocycles. The zero-order valence-corrected chi connectivity index (χ0v) is 20.0. The number of rotatable bonds is 7. The Morgan fingerprint density at radius 2 is 2.17 bits per heavy atom.